The van der Waals surface area contributed by atoms with Crippen LogP contribution in [0, 0.1) is 0 Å². The van der Waals surface area contributed by atoms with Gasteiger partial charge in [-0.3, -0.25) is 9.55 Å². The molecule has 0 atom stereocenters. The molecule has 0 aliphatic heterocycles. The Morgan fingerprint density at radius 1 is 0.839 bits per heavy atom. The van der Waals surface area contributed by atoms with Crippen LogP contribution < -0.4 is 0 Å². The van der Waals surface area contributed by atoms with Crippen LogP contribution in [0.4, 0.5) is 0 Å². The second-order valence-electron chi connectivity index (χ2n) is 6.92. The Labute approximate surface area is 184 Å². The van der Waals surface area contributed by atoms with Gasteiger partial charge in [0.25, 0.3) is 0 Å². The van der Waals surface area contributed by atoms with Crippen molar-refractivity contribution in [3.8, 4) is 22.8 Å². The first-order valence-electron chi connectivity index (χ1n) is 9.87. The molecular weight excluding hydrogens is 406 g/mol. The summed E-state index contributed by atoms with van der Waals surface area (Å²) in [7, 11) is 0. The molecule has 6 nitrogen and oxygen atoms in total. The van der Waals surface area contributed by atoms with Gasteiger partial charge in [-0.05, 0) is 29.8 Å². The van der Waals surface area contributed by atoms with Crippen LogP contribution in [0.15, 0.2) is 101 Å². The number of thioether (sulfide) groups is 1. The van der Waals surface area contributed by atoms with Crippen LogP contribution in [0.2, 0.25) is 0 Å². The summed E-state index contributed by atoms with van der Waals surface area (Å²) in [4.78, 5) is 8.85. The van der Waals surface area contributed by atoms with E-state index in [1.165, 1.54) is 5.56 Å². The molecule has 0 amide bonds. The molecule has 3 aromatic heterocycles. The molecule has 7 heteroatoms. The minimum absolute atomic E-state index is 0.623. The van der Waals surface area contributed by atoms with E-state index in [0.717, 1.165) is 27.8 Å². The van der Waals surface area contributed by atoms with Crippen molar-refractivity contribution in [2.45, 2.75) is 17.5 Å². The molecule has 5 aromatic rings. The summed E-state index contributed by atoms with van der Waals surface area (Å²) in [5, 5.41) is 9.74. The van der Waals surface area contributed by atoms with Crippen molar-refractivity contribution in [1.29, 1.82) is 0 Å². The summed E-state index contributed by atoms with van der Waals surface area (Å²) in [5.74, 6) is 2.05. The highest BCUT2D eigenvalue weighted by Crippen LogP contribution is 2.28. The van der Waals surface area contributed by atoms with Gasteiger partial charge >= 0.3 is 0 Å². The van der Waals surface area contributed by atoms with E-state index in [0.29, 0.717) is 18.2 Å². The Morgan fingerprint density at radius 2 is 1.61 bits per heavy atom. The van der Waals surface area contributed by atoms with Gasteiger partial charge in [0.05, 0.1) is 12.2 Å². The van der Waals surface area contributed by atoms with Crippen molar-refractivity contribution in [1.82, 2.24) is 24.7 Å². The zero-order valence-electron chi connectivity index (χ0n) is 16.6. The highest BCUT2D eigenvalue weighted by molar-refractivity contribution is 7.98. The third-order valence-corrected chi connectivity index (χ3v) is 5.74. The maximum Gasteiger partial charge on any atom is 0.226 e. The minimum atomic E-state index is 0.623. The van der Waals surface area contributed by atoms with Gasteiger partial charge in [-0.25, -0.2) is 4.98 Å². The smallest absolute Gasteiger partial charge is 0.226 e. The molecule has 0 N–H and O–H groups in total. The van der Waals surface area contributed by atoms with Gasteiger partial charge in [0, 0.05) is 29.3 Å². The van der Waals surface area contributed by atoms with Crippen LogP contribution in [0.1, 0.15) is 11.3 Å². The Kier molecular flexibility index (Phi) is 5.58. The summed E-state index contributed by atoms with van der Waals surface area (Å²) < 4.78 is 7.78. The Hall–Kier alpha value is -3.71. The quantitative estimate of drug-likeness (QED) is 0.328. The lowest BCUT2D eigenvalue weighted by molar-refractivity contribution is 0.573. The number of aromatic nitrogens is 5. The molecule has 0 spiro atoms. The van der Waals surface area contributed by atoms with Gasteiger partial charge in [0.15, 0.2) is 11.0 Å². The van der Waals surface area contributed by atoms with E-state index in [9.17, 15) is 0 Å². The van der Waals surface area contributed by atoms with Gasteiger partial charge in [0.1, 0.15) is 6.26 Å². The second kappa shape index (κ2) is 8.97. The summed E-state index contributed by atoms with van der Waals surface area (Å²) in [6, 6.07) is 24.1. The number of nitrogens with zero attached hydrogens (tertiary/aromatic N) is 5. The molecule has 31 heavy (non-hydrogen) atoms. The highest BCUT2D eigenvalue weighted by atomic mass is 32.2. The van der Waals surface area contributed by atoms with Crippen molar-refractivity contribution in [2.75, 3.05) is 0 Å². The van der Waals surface area contributed by atoms with Crippen LogP contribution >= 0.6 is 11.8 Å². The van der Waals surface area contributed by atoms with Crippen LogP contribution in [0.5, 0.6) is 0 Å². The Morgan fingerprint density at radius 3 is 2.39 bits per heavy atom. The van der Waals surface area contributed by atoms with E-state index in [-0.39, 0.29) is 0 Å². The normalized spacial score (nSPS) is 11.0. The predicted octanol–water partition coefficient (Wildman–Crippen LogP) is 5.34. The van der Waals surface area contributed by atoms with Crippen molar-refractivity contribution in [3.05, 3.63) is 103 Å². The number of hydrogen-bond donors (Lipinski definition) is 0. The molecule has 0 aliphatic rings. The first kappa shape index (κ1) is 19.3. The molecule has 0 fully saturated rings. The monoisotopic (exact) mass is 425 g/mol. The predicted molar refractivity (Wildman–Crippen MR) is 120 cm³/mol. The van der Waals surface area contributed by atoms with Crippen LogP contribution in [-0.2, 0) is 12.3 Å². The molecule has 0 saturated carbocycles. The Bertz CT molecular complexity index is 1250. The lowest BCUT2D eigenvalue weighted by Gasteiger charge is -2.10. The van der Waals surface area contributed by atoms with Gasteiger partial charge < -0.3 is 4.42 Å². The topological polar surface area (TPSA) is 69.6 Å². The van der Waals surface area contributed by atoms with E-state index in [1.807, 2.05) is 66.9 Å². The second-order valence-corrected chi connectivity index (χ2v) is 7.86. The summed E-state index contributed by atoms with van der Waals surface area (Å²) >= 11 is 1.59. The number of rotatable bonds is 7. The first-order chi connectivity index (χ1) is 15.4. The first-order valence-corrected chi connectivity index (χ1v) is 10.9. The van der Waals surface area contributed by atoms with Gasteiger partial charge in [-0.15, -0.1) is 10.2 Å². The van der Waals surface area contributed by atoms with E-state index >= 15 is 0 Å². The van der Waals surface area contributed by atoms with E-state index in [2.05, 4.69) is 36.9 Å². The molecule has 0 aliphatic carbocycles. The fourth-order valence-corrected chi connectivity index (χ4v) is 4.05. The molecule has 152 valence electrons. The average molecular weight is 426 g/mol. The van der Waals surface area contributed by atoms with Crippen molar-refractivity contribution >= 4 is 11.8 Å². The number of pyridine rings is 1. The molecule has 5 rings (SSSR count). The van der Waals surface area contributed by atoms with Crippen molar-refractivity contribution < 1.29 is 4.42 Å². The molecule has 0 unspecified atom stereocenters. The lowest BCUT2D eigenvalue weighted by atomic mass is 10.2. The zero-order chi connectivity index (χ0) is 20.9. The van der Waals surface area contributed by atoms with E-state index in [1.54, 1.807) is 24.2 Å². The van der Waals surface area contributed by atoms with Crippen LogP contribution in [0.3, 0.4) is 0 Å². The molecule has 0 saturated heterocycles. The largest absolute Gasteiger partial charge is 0.444 e. The molecular formula is C24H19N5OS. The Balaban J connectivity index is 1.40. The maximum absolute atomic E-state index is 5.66. The van der Waals surface area contributed by atoms with Gasteiger partial charge in [-0.2, -0.15) is 0 Å². The minimum Gasteiger partial charge on any atom is -0.444 e. The number of hydrogen-bond acceptors (Lipinski definition) is 6. The van der Waals surface area contributed by atoms with Crippen molar-refractivity contribution in [3.63, 3.8) is 0 Å². The number of benzene rings is 2. The fourth-order valence-electron chi connectivity index (χ4n) is 3.24. The summed E-state index contributed by atoms with van der Waals surface area (Å²) in [5.41, 5.74) is 3.94. The van der Waals surface area contributed by atoms with Crippen LogP contribution in [0.25, 0.3) is 22.8 Å². The molecule has 3 heterocycles. The molecule has 2 aromatic carbocycles. The SMILES string of the molecule is c1ccc(Cn2c(SCc3coc(-c4ccccc4)n3)nnc2-c2cccnc2)cc1. The lowest BCUT2D eigenvalue weighted by Crippen LogP contribution is -2.04. The van der Waals surface area contributed by atoms with E-state index < -0.39 is 0 Å². The third-order valence-electron chi connectivity index (χ3n) is 4.74. The summed E-state index contributed by atoms with van der Waals surface area (Å²) in [6.45, 7) is 0.675. The highest BCUT2D eigenvalue weighted by Gasteiger charge is 2.16. The van der Waals surface area contributed by atoms with Gasteiger partial charge in [0.2, 0.25) is 5.89 Å². The third kappa shape index (κ3) is 4.41. The fraction of sp³-hybridized carbons (Fsp3) is 0.0833. The number of oxazole rings is 1. The summed E-state index contributed by atoms with van der Waals surface area (Å²) in [6.07, 6.45) is 5.27. The van der Waals surface area contributed by atoms with E-state index in [4.69, 9.17) is 4.42 Å². The standard InChI is InChI=1S/C24H19N5OS/c1-3-8-18(9-4-1)15-29-22(20-12-7-13-25-14-20)27-28-24(29)31-17-21-16-30-23(26-21)19-10-5-2-6-11-19/h1-14,16H,15,17H2. The average Bonchev–Trinajstić information content (AvgIpc) is 3.47. The van der Waals surface area contributed by atoms with Crippen molar-refractivity contribution in [2.24, 2.45) is 0 Å². The maximum atomic E-state index is 5.66. The molecule has 0 bridgehead atoms. The zero-order valence-corrected chi connectivity index (χ0v) is 17.4. The molecule has 0 radical (unpaired) electrons. The van der Waals surface area contributed by atoms with Crippen LogP contribution in [-0.4, -0.2) is 24.7 Å². The van der Waals surface area contributed by atoms with Gasteiger partial charge in [-0.1, -0.05) is 60.3 Å².